The number of amides is 1. The normalized spacial score (nSPS) is 11.1. The van der Waals surface area contributed by atoms with Gasteiger partial charge in [0, 0.05) is 6.54 Å². The van der Waals surface area contributed by atoms with Crippen molar-refractivity contribution in [3.63, 3.8) is 0 Å². The molecule has 0 spiro atoms. The summed E-state index contributed by atoms with van der Waals surface area (Å²) < 4.78 is 16.2. The Labute approximate surface area is 205 Å². The molecule has 180 valence electrons. The number of nitriles is 2. The highest BCUT2D eigenvalue weighted by Crippen LogP contribution is 2.30. The molecule has 0 heterocycles. The van der Waals surface area contributed by atoms with Crippen LogP contribution in [0.1, 0.15) is 37.8 Å². The van der Waals surface area contributed by atoms with Crippen LogP contribution in [0.25, 0.3) is 12.2 Å². The molecule has 0 saturated heterocycles. The lowest BCUT2D eigenvalue weighted by atomic mass is 10.1. The molecule has 35 heavy (non-hydrogen) atoms. The summed E-state index contributed by atoms with van der Waals surface area (Å²) in [6.07, 6.45) is 4.47. The minimum Gasteiger partial charge on any atom is -0.494 e. The quantitative estimate of drug-likeness (QED) is 0.222. The standard InChI is InChI=1S/C27H27N3O5/c1-4-12-30-26(31)21(17-28)15-20-8-11-24(25(16-20)33-3)35-27(32)22(18-29)14-19-6-9-23(10-7-19)34-13-5-2/h6-11,14-16H,4-5,12-13H2,1-3H3,(H,30,31)/b21-15+,22-14+. The summed E-state index contributed by atoms with van der Waals surface area (Å²) in [7, 11) is 1.39. The molecule has 0 aliphatic rings. The number of methoxy groups -OCH3 is 1. The molecule has 0 unspecified atom stereocenters. The number of nitrogens with zero attached hydrogens (tertiary/aromatic N) is 2. The molecule has 8 heteroatoms. The van der Waals surface area contributed by atoms with Crippen LogP contribution in [0.3, 0.4) is 0 Å². The molecular weight excluding hydrogens is 446 g/mol. The van der Waals surface area contributed by atoms with E-state index in [1.165, 1.54) is 31.4 Å². The van der Waals surface area contributed by atoms with Crippen LogP contribution in [-0.2, 0) is 9.59 Å². The van der Waals surface area contributed by atoms with Gasteiger partial charge in [0.15, 0.2) is 11.5 Å². The van der Waals surface area contributed by atoms with Crippen LogP contribution in [0, 0.1) is 22.7 Å². The smallest absolute Gasteiger partial charge is 0.354 e. The van der Waals surface area contributed by atoms with Gasteiger partial charge in [-0.15, -0.1) is 0 Å². The summed E-state index contributed by atoms with van der Waals surface area (Å²) in [4.78, 5) is 24.7. The maximum Gasteiger partial charge on any atom is 0.354 e. The van der Waals surface area contributed by atoms with Crippen LogP contribution in [0.4, 0.5) is 0 Å². The van der Waals surface area contributed by atoms with E-state index in [0.29, 0.717) is 30.0 Å². The number of benzene rings is 2. The Morgan fingerprint density at radius 1 is 0.914 bits per heavy atom. The fraction of sp³-hybridized carbons (Fsp3) is 0.259. The molecule has 0 bridgehead atoms. The third-order valence-corrected chi connectivity index (χ3v) is 4.61. The Bertz CT molecular complexity index is 1180. The van der Waals surface area contributed by atoms with Crippen molar-refractivity contribution in [3.8, 4) is 29.4 Å². The first-order chi connectivity index (χ1) is 16.9. The highest BCUT2D eigenvalue weighted by molar-refractivity contribution is 6.02. The highest BCUT2D eigenvalue weighted by atomic mass is 16.6. The monoisotopic (exact) mass is 473 g/mol. The van der Waals surface area contributed by atoms with Crippen LogP contribution in [0.15, 0.2) is 53.6 Å². The molecule has 0 fully saturated rings. The van der Waals surface area contributed by atoms with E-state index < -0.39 is 11.9 Å². The van der Waals surface area contributed by atoms with Crippen molar-refractivity contribution in [1.82, 2.24) is 5.32 Å². The van der Waals surface area contributed by atoms with Crippen molar-refractivity contribution in [2.75, 3.05) is 20.3 Å². The first-order valence-electron chi connectivity index (χ1n) is 11.1. The van der Waals surface area contributed by atoms with Gasteiger partial charge in [-0.2, -0.15) is 10.5 Å². The second kappa shape index (κ2) is 13.9. The van der Waals surface area contributed by atoms with Crippen LogP contribution in [0.2, 0.25) is 0 Å². The fourth-order valence-electron chi connectivity index (χ4n) is 2.85. The number of ether oxygens (including phenoxy) is 3. The molecule has 2 rings (SSSR count). The minimum atomic E-state index is -0.850. The van der Waals surface area contributed by atoms with Crippen LogP contribution in [-0.4, -0.2) is 32.1 Å². The zero-order valence-electron chi connectivity index (χ0n) is 20.0. The second-order valence-corrected chi connectivity index (χ2v) is 7.31. The molecule has 2 aromatic rings. The van der Waals surface area contributed by atoms with Gasteiger partial charge in [-0.05, 0) is 60.4 Å². The van der Waals surface area contributed by atoms with Gasteiger partial charge < -0.3 is 19.5 Å². The largest absolute Gasteiger partial charge is 0.494 e. The molecule has 0 aliphatic heterocycles. The number of hydrogen-bond donors (Lipinski definition) is 1. The maximum atomic E-state index is 12.6. The third-order valence-electron chi connectivity index (χ3n) is 4.61. The Morgan fingerprint density at radius 3 is 2.17 bits per heavy atom. The van der Waals surface area contributed by atoms with Gasteiger partial charge in [0.2, 0.25) is 0 Å². The van der Waals surface area contributed by atoms with E-state index in [2.05, 4.69) is 5.32 Å². The van der Waals surface area contributed by atoms with Gasteiger partial charge in [0.1, 0.15) is 29.0 Å². The molecule has 1 amide bonds. The van der Waals surface area contributed by atoms with Gasteiger partial charge in [-0.3, -0.25) is 4.79 Å². The van der Waals surface area contributed by atoms with Crippen LogP contribution < -0.4 is 19.5 Å². The molecule has 2 aromatic carbocycles. The van der Waals surface area contributed by atoms with Gasteiger partial charge in [-0.25, -0.2) is 4.79 Å². The maximum absolute atomic E-state index is 12.6. The predicted molar refractivity (Wildman–Crippen MR) is 131 cm³/mol. The first kappa shape index (κ1) is 26.7. The Morgan fingerprint density at radius 2 is 1.57 bits per heavy atom. The second-order valence-electron chi connectivity index (χ2n) is 7.31. The zero-order chi connectivity index (χ0) is 25.6. The van der Waals surface area contributed by atoms with E-state index in [1.807, 2.05) is 26.0 Å². The number of carbonyl (C=O) groups is 2. The van der Waals surface area contributed by atoms with Gasteiger partial charge >= 0.3 is 5.97 Å². The molecule has 1 N–H and O–H groups in total. The molecule has 0 aromatic heterocycles. The van der Waals surface area contributed by atoms with Crippen molar-refractivity contribution < 1.29 is 23.8 Å². The summed E-state index contributed by atoms with van der Waals surface area (Å²) in [6, 6.07) is 15.3. The molecule has 0 aliphatic carbocycles. The minimum absolute atomic E-state index is 0.0638. The topological polar surface area (TPSA) is 121 Å². The summed E-state index contributed by atoms with van der Waals surface area (Å²) in [6.45, 7) is 4.98. The van der Waals surface area contributed by atoms with Crippen molar-refractivity contribution in [2.24, 2.45) is 0 Å². The van der Waals surface area contributed by atoms with E-state index in [4.69, 9.17) is 14.2 Å². The lowest BCUT2D eigenvalue weighted by molar-refractivity contribution is -0.129. The molecule has 0 radical (unpaired) electrons. The Hall–Kier alpha value is -4.56. The molecule has 0 atom stereocenters. The fourth-order valence-corrected chi connectivity index (χ4v) is 2.85. The predicted octanol–water partition coefficient (Wildman–Crippen LogP) is 4.43. The number of rotatable bonds is 11. The molecular formula is C27H27N3O5. The van der Waals surface area contributed by atoms with Crippen LogP contribution in [0.5, 0.6) is 17.2 Å². The average Bonchev–Trinajstić information content (AvgIpc) is 2.88. The van der Waals surface area contributed by atoms with Gasteiger partial charge in [0.05, 0.1) is 13.7 Å². The number of carbonyl (C=O) groups excluding carboxylic acids is 2. The van der Waals surface area contributed by atoms with Crippen molar-refractivity contribution >= 4 is 24.0 Å². The van der Waals surface area contributed by atoms with E-state index in [0.717, 1.165) is 12.8 Å². The van der Waals surface area contributed by atoms with Crippen molar-refractivity contribution in [1.29, 1.82) is 10.5 Å². The lowest BCUT2D eigenvalue weighted by Crippen LogP contribution is -2.25. The van der Waals surface area contributed by atoms with Gasteiger partial charge in [-0.1, -0.05) is 32.0 Å². The SMILES string of the molecule is CCCNC(=O)/C(C#N)=C/c1ccc(OC(=O)/C(C#N)=C/c2ccc(OCCC)cc2)c(OC)c1. The van der Waals surface area contributed by atoms with Crippen molar-refractivity contribution in [2.45, 2.75) is 26.7 Å². The molecule has 8 nitrogen and oxygen atoms in total. The Kier molecular flexibility index (Phi) is 10.6. The first-order valence-corrected chi connectivity index (χ1v) is 11.1. The lowest BCUT2D eigenvalue weighted by Gasteiger charge is -2.10. The van der Waals surface area contributed by atoms with E-state index in [-0.39, 0.29) is 22.6 Å². The summed E-state index contributed by atoms with van der Waals surface area (Å²) in [5.41, 5.74) is 0.884. The highest BCUT2D eigenvalue weighted by Gasteiger charge is 2.16. The van der Waals surface area contributed by atoms with E-state index in [1.54, 1.807) is 30.3 Å². The Balaban J connectivity index is 2.20. The zero-order valence-corrected chi connectivity index (χ0v) is 20.0. The number of nitrogens with one attached hydrogen (secondary N) is 1. The van der Waals surface area contributed by atoms with Crippen molar-refractivity contribution in [3.05, 3.63) is 64.7 Å². The van der Waals surface area contributed by atoms with Crippen LogP contribution >= 0.6 is 0 Å². The van der Waals surface area contributed by atoms with Gasteiger partial charge in [0.25, 0.3) is 5.91 Å². The molecule has 0 saturated carbocycles. The number of esters is 1. The number of hydrogen-bond acceptors (Lipinski definition) is 7. The summed E-state index contributed by atoms with van der Waals surface area (Å²) in [5, 5.41) is 21.4. The summed E-state index contributed by atoms with van der Waals surface area (Å²) in [5.74, 6) is -0.331. The van der Waals surface area contributed by atoms with E-state index in [9.17, 15) is 20.1 Å². The summed E-state index contributed by atoms with van der Waals surface area (Å²) >= 11 is 0. The third kappa shape index (κ3) is 8.06. The van der Waals surface area contributed by atoms with E-state index >= 15 is 0 Å². The average molecular weight is 474 g/mol.